The SMILES string of the molecule is COC(=O)Nc1ccc(OCC(=O)N2C[C@H](C)C[C@H](C)C2)cc1. The van der Waals surface area contributed by atoms with E-state index in [2.05, 4.69) is 23.9 Å². The van der Waals surface area contributed by atoms with Gasteiger partial charge in [0, 0.05) is 18.8 Å². The molecule has 23 heavy (non-hydrogen) atoms. The summed E-state index contributed by atoms with van der Waals surface area (Å²) in [6, 6.07) is 6.81. The molecule has 0 aliphatic carbocycles. The minimum absolute atomic E-state index is 0.0140. The summed E-state index contributed by atoms with van der Waals surface area (Å²) in [5.74, 6) is 1.67. The van der Waals surface area contributed by atoms with Crippen LogP contribution in [0.3, 0.4) is 0 Å². The van der Waals surface area contributed by atoms with Gasteiger partial charge in [-0.2, -0.15) is 0 Å². The maximum atomic E-state index is 12.2. The normalized spacial score (nSPS) is 20.7. The molecule has 1 aliphatic heterocycles. The number of carbonyl (C=O) groups excluding carboxylic acids is 2. The van der Waals surface area contributed by atoms with E-state index >= 15 is 0 Å². The molecule has 1 N–H and O–H groups in total. The number of hydrogen-bond acceptors (Lipinski definition) is 4. The molecule has 1 aromatic rings. The van der Waals surface area contributed by atoms with Crippen LogP contribution in [0.2, 0.25) is 0 Å². The van der Waals surface area contributed by atoms with Crippen molar-refractivity contribution in [2.24, 2.45) is 11.8 Å². The summed E-state index contributed by atoms with van der Waals surface area (Å²) in [5.41, 5.74) is 0.606. The fourth-order valence-corrected chi connectivity index (χ4v) is 2.91. The van der Waals surface area contributed by atoms with Crippen LogP contribution >= 0.6 is 0 Å². The van der Waals surface area contributed by atoms with Crippen LogP contribution in [0.25, 0.3) is 0 Å². The number of ether oxygens (including phenoxy) is 2. The van der Waals surface area contributed by atoms with Crippen molar-refractivity contribution in [3.63, 3.8) is 0 Å². The zero-order valence-corrected chi connectivity index (χ0v) is 13.9. The number of hydrogen-bond donors (Lipinski definition) is 1. The fraction of sp³-hybridized carbons (Fsp3) is 0.529. The van der Waals surface area contributed by atoms with Gasteiger partial charge < -0.3 is 14.4 Å². The zero-order chi connectivity index (χ0) is 16.8. The van der Waals surface area contributed by atoms with E-state index in [0.29, 0.717) is 23.3 Å². The van der Waals surface area contributed by atoms with Gasteiger partial charge in [0.1, 0.15) is 5.75 Å². The third-order valence-electron chi connectivity index (χ3n) is 3.87. The molecule has 0 bridgehead atoms. The van der Waals surface area contributed by atoms with E-state index in [0.717, 1.165) is 13.1 Å². The Labute approximate surface area is 136 Å². The van der Waals surface area contributed by atoms with Gasteiger partial charge in [0.15, 0.2) is 6.61 Å². The lowest BCUT2D eigenvalue weighted by atomic mass is 9.92. The van der Waals surface area contributed by atoms with E-state index in [-0.39, 0.29) is 12.5 Å². The number of benzene rings is 1. The van der Waals surface area contributed by atoms with E-state index in [1.54, 1.807) is 24.3 Å². The number of anilines is 1. The van der Waals surface area contributed by atoms with Crippen molar-refractivity contribution in [2.75, 3.05) is 32.1 Å². The average Bonchev–Trinajstić information content (AvgIpc) is 2.52. The molecule has 0 spiro atoms. The number of carbonyl (C=O) groups is 2. The lowest BCUT2D eigenvalue weighted by molar-refractivity contribution is -0.136. The Hall–Kier alpha value is -2.24. The second kappa shape index (κ2) is 7.85. The van der Waals surface area contributed by atoms with Gasteiger partial charge in [-0.3, -0.25) is 10.1 Å². The molecule has 2 amide bonds. The van der Waals surface area contributed by atoms with Crippen LogP contribution in [-0.2, 0) is 9.53 Å². The third-order valence-corrected chi connectivity index (χ3v) is 3.87. The minimum atomic E-state index is -0.526. The van der Waals surface area contributed by atoms with E-state index in [1.165, 1.54) is 13.5 Å². The van der Waals surface area contributed by atoms with Gasteiger partial charge in [-0.1, -0.05) is 13.8 Å². The van der Waals surface area contributed by atoms with Crippen LogP contribution in [0.15, 0.2) is 24.3 Å². The number of likely N-dealkylation sites (tertiary alicyclic amines) is 1. The molecule has 1 aromatic carbocycles. The average molecular weight is 320 g/mol. The van der Waals surface area contributed by atoms with E-state index in [1.807, 2.05) is 4.90 Å². The van der Waals surface area contributed by atoms with Gasteiger partial charge in [0.25, 0.3) is 5.91 Å². The number of piperidine rings is 1. The predicted molar refractivity (Wildman–Crippen MR) is 87.5 cm³/mol. The van der Waals surface area contributed by atoms with Gasteiger partial charge in [-0.05, 0) is 42.5 Å². The maximum Gasteiger partial charge on any atom is 0.411 e. The monoisotopic (exact) mass is 320 g/mol. The van der Waals surface area contributed by atoms with Crippen molar-refractivity contribution >= 4 is 17.7 Å². The maximum absolute atomic E-state index is 12.2. The highest BCUT2D eigenvalue weighted by Gasteiger charge is 2.25. The summed E-state index contributed by atoms with van der Waals surface area (Å²) >= 11 is 0. The first-order chi connectivity index (χ1) is 11.0. The molecule has 1 saturated heterocycles. The van der Waals surface area contributed by atoms with Gasteiger partial charge in [-0.25, -0.2) is 4.79 Å². The lowest BCUT2D eigenvalue weighted by Gasteiger charge is -2.34. The van der Waals surface area contributed by atoms with Gasteiger partial charge in [-0.15, -0.1) is 0 Å². The summed E-state index contributed by atoms with van der Waals surface area (Å²) in [5, 5.41) is 2.55. The van der Waals surface area contributed by atoms with Crippen LogP contribution in [0, 0.1) is 11.8 Å². The summed E-state index contributed by atoms with van der Waals surface area (Å²) in [7, 11) is 1.31. The number of rotatable bonds is 4. The van der Waals surface area contributed by atoms with Crippen molar-refractivity contribution in [2.45, 2.75) is 20.3 Å². The van der Waals surface area contributed by atoms with Crippen LogP contribution in [0.5, 0.6) is 5.75 Å². The highest BCUT2D eigenvalue weighted by molar-refractivity contribution is 5.84. The molecular weight excluding hydrogens is 296 g/mol. The topological polar surface area (TPSA) is 67.9 Å². The van der Waals surface area contributed by atoms with Crippen LogP contribution in [-0.4, -0.2) is 43.7 Å². The van der Waals surface area contributed by atoms with Gasteiger partial charge in [0.2, 0.25) is 0 Å². The molecular formula is C17H24N2O4. The Morgan fingerprint density at radius 2 is 1.78 bits per heavy atom. The Morgan fingerprint density at radius 1 is 1.17 bits per heavy atom. The first-order valence-corrected chi connectivity index (χ1v) is 7.83. The molecule has 0 radical (unpaired) electrons. The molecule has 1 heterocycles. The summed E-state index contributed by atoms with van der Waals surface area (Å²) in [6.07, 6.45) is 0.640. The number of nitrogens with one attached hydrogen (secondary N) is 1. The van der Waals surface area contributed by atoms with Crippen LogP contribution < -0.4 is 10.1 Å². The first-order valence-electron chi connectivity index (χ1n) is 7.83. The zero-order valence-electron chi connectivity index (χ0n) is 13.9. The Balaban J connectivity index is 1.83. The second-order valence-corrected chi connectivity index (χ2v) is 6.17. The molecule has 2 atom stereocenters. The standard InChI is InChI=1S/C17H24N2O4/c1-12-8-13(2)10-19(9-12)16(20)11-23-15-6-4-14(5-7-15)18-17(21)22-3/h4-7,12-13H,8-11H2,1-3H3,(H,18,21)/t12-,13+. The van der Waals surface area contributed by atoms with Crippen molar-refractivity contribution < 1.29 is 19.1 Å². The highest BCUT2D eigenvalue weighted by Crippen LogP contribution is 2.21. The first kappa shape index (κ1) is 17.1. The third kappa shape index (κ3) is 5.16. The van der Waals surface area contributed by atoms with Crippen LogP contribution in [0.1, 0.15) is 20.3 Å². The van der Waals surface area contributed by atoms with E-state index < -0.39 is 6.09 Å². The van der Waals surface area contributed by atoms with Crippen molar-refractivity contribution in [1.82, 2.24) is 4.90 Å². The molecule has 1 aliphatic rings. The molecule has 126 valence electrons. The molecule has 2 rings (SSSR count). The number of methoxy groups -OCH3 is 1. The molecule has 6 heteroatoms. The Bertz CT molecular complexity index is 534. The molecule has 0 unspecified atom stereocenters. The number of nitrogens with zero attached hydrogens (tertiary/aromatic N) is 1. The predicted octanol–water partition coefficient (Wildman–Crippen LogP) is 2.75. The van der Waals surface area contributed by atoms with E-state index in [9.17, 15) is 9.59 Å². The highest BCUT2D eigenvalue weighted by atomic mass is 16.5. The van der Waals surface area contributed by atoms with Crippen molar-refractivity contribution in [3.05, 3.63) is 24.3 Å². The minimum Gasteiger partial charge on any atom is -0.484 e. The lowest BCUT2D eigenvalue weighted by Crippen LogP contribution is -2.44. The van der Waals surface area contributed by atoms with Crippen LogP contribution in [0.4, 0.5) is 10.5 Å². The van der Waals surface area contributed by atoms with Gasteiger partial charge in [0.05, 0.1) is 7.11 Å². The summed E-state index contributed by atoms with van der Waals surface area (Å²) < 4.78 is 10.1. The Kier molecular flexibility index (Phi) is 5.84. The van der Waals surface area contributed by atoms with Crippen molar-refractivity contribution in [3.8, 4) is 5.75 Å². The molecule has 0 saturated carbocycles. The summed E-state index contributed by atoms with van der Waals surface area (Å²) in [4.78, 5) is 25.2. The Morgan fingerprint density at radius 3 is 2.35 bits per heavy atom. The molecule has 1 fully saturated rings. The smallest absolute Gasteiger partial charge is 0.411 e. The fourth-order valence-electron chi connectivity index (χ4n) is 2.91. The molecule has 6 nitrogen and oxygen atoms in total. The second-order valence-electron chi connectivity index (χ2n) is 6.17. The quantitative estimate of drug-likeness (QED) is 0.926. The van der Waals surface area contributed by atoms with Crippen molar-refractivity contribution in [1.29, 1.82) is 0 Å². The summed E-state index contributed by atoms with van der Waals surface area (Å²) in [6.45, 7) is 5.97. The van der Waals surface area contributed by atoms with E-state index in [4.69, 9.17) is 4.74 Å². The largest absolute Gasteiger partial charge is 0.484 e. The van der Waals surface area contributed by atoms with Gasteiger partial charge >= 0.3 is 6.09 Å². The number of amides is 2. The molecule has 0 aromatic heterocycles.